The molecule has 2 aliphatic heterocycles. The Labute approximate surface area is 250 Å². The third-order valence-corrected chi connectivity index (χ3v) is 8.77. The molecule has 2 atom stereocenters. The number of hydrogen-bond acceptors (Lipinski definition) is 4. The van der Waals surface area contributed by atoms with E-state index in [1.54, 1.807) is 0 Å². The van der Waals surface area contributed by atoms with Crippen LogP contribution in [-0.2, 0) is 33.1 Å². The van der Waals surface area contributed by atoms with Crippen molar-refractivity contribution in [2.45, 2.75) is 119 Å². The standard InChI is InChI=1S/C37H54N2O2/c1-33(2,3)27-17-13-25(14-18-27)21-37(31-38-29(23-40-31)35(7,8)9,32-39-30(24-41-32)36(10,11)12)22-26-15-19-28(20-16-26)34(4,5)6/h13-20,29-30H,21-24H2,1-12H3/t29-,30-/m0/s1. The Morgan fingerprint density at radius 2 is 0.854 bits per heavy atom. The molecule has 0 radical (unpaired) electrons. The molecule has 0 unspecified atom stereocenters. The molecule has 0 bridgehead atoms. The van der Waals surface area contributed by atoms with Gasteiger partial charge in [0.25, 0.3) is 0 Å². The summed E-state index contributed by atoms with van der Waals surface area (Å²) in [6, 6.07) is 18.3. The summed E-state index contributed by atoms with van der Waals surface area (Å²) in [7, 11) is 0. The zero-order valence-corrected chi connectivity index (χ0v) is 27.8. The van der Waals surface area contributed by atoms with E-state index < -0.39 is 5.41 Å². The van der Waals surface area contributed by atoms with E-state index in [9.17, 15) is 0 Å². The summed E-state index contributed by atoms with van der Waals surface area (Å²) < 4.78 is 13.2. The summed E-state index contributed by atoms with van der Waals surface area (Å²) in [6.07, 6.45) is 1.42. The second-order valence-electron chi connectivity index (χ2n) is 16.6. The van der Waals surface area contributed by atoms with Gasteiger partial charge in [-0.1, -0.05) is 132 Å². The molecular weight excluding hydrogens is 504 g/mol. The van der Waals surface area contributed by atoms with Crippen LogP contribution in [0.4, 0.5) is 0 Å². The fraction of sp³-hybridized carbons (Fsp3) is 0.622. The van der Waals surface area contributed by atoms with Crippen LogP contribution in [0.1, 0.15) is 105 Å². The van der Waals surface area contributed by atoms with Gasteiger partial charge < -0.3 is 9.47 Å². The molecule has 2 heterocycles. The molecule has 0 aromatic heterocycles. The van der Waals surface area contributed by atoms with Gasteiger partial charge in [-0.25, -0.2) is 9.98 Å². The van der Waals surface area contributed by atoms with Gasteiger partial charge in [0.15, 0.2) is 11.8 Å². The molecule has 0 saturated carbocycles. The zero-order chi connectivity index (χ0) is 30.4. The molecule has 41 heavy (non-hydrogen) atoms. The van der Waals surface area contributed by atoms with Crippen molar-refractivity contribution in [2.24, 2.45) is 26.2 Å². The average molecular weight is 559 g/mol. The van der Waals surface area contributed by atoms with Crippen molar-refractivity contribution in [3.63, 3.8) is 0 Å². The van der Waals surface area contributed by atoms with Crippen molar-refractivity contribution in [3.8, 4) is 0 Å². The van der Waals surface area contributed by atoms with Crippen LogP contribution in [0.3, 0.4) is 0 Å². The molecule has 0 N–H and O–H groups in total. The highest BCUT2D eigenvalue weighted by molar-refractivity contribution is 6.07. The summed E-state index contributed by atoms with van der Waals surface area (Å²) in [6.45, 7) is 28.2. The Morgan fingerprint density at radius 1 is 0.537 bits per heavy atom. The fourth-order valence-corrected chi connectivity index (χ4v) is 5.56. The maximum absolute atomic E-state index is 6.58. The highest BCUT2D eigenvalue weighted by Crippen LogP contribution is 2.41. The van der Waals surface area contributed by atoms with Gasteiger partial charge in [-0.05, 0) is 56.8 Å². The number of ether oxygens (including phenoxy) is 2. The number of hydrogen-bond donors (Lipinski definition) is 0. The second-order valence-corrected chi connectivity index (χ2v) is 16.6. The second kappa shape index (κ2) is 10.9. The van der Waals surface area contributed by atoms with Gasteiger partial charge in [0.05, 0.1) is 12.1 Å². The monoisotopic (exact) mass is 558 g/mol. The zero-order valence-electron chi connectivity index (χ0n) is 27.8. The topological polar surface area (TPSA) is 43.2 Å². The van der Waals surface area contributed by atoms with Crippen LogP contribution in [0.2, 0.25) is 0 Å². The van der Waals surface area contributed by atoms with Crippen LogP contribution in [0.15, 0.2) is 58.5 Å². The van der Waals surface area contributed by atoms with E-state index in [0.717, 1.165) is 11.8 Å². The predicted molar refractivity (Wildman–Crippen MR) is 173 cm³/mol. The maximum atomic E-state index is 6.58. The molecule has 4 heteroatoms. The van der Waals surface area contributed by atoms with Crippen LogP contribution >= 0.6 is 0 Å². The number of benzene rings is 2. The van der Waals surface area contributed by atoms with Gasteiger partial charge >= 0.3 is 0 Å². The smallest absolute Gasteiger partial charge is 0.200 e. The molecule has 0 saturated heterocycles. The third-order valence-electron chi connectivity index (χ3n) is 8.77. The minimum absolute atomic E-state index is 0.00247. The number of nitrogens with zero attached hydrogens (tertiary/aromatic N) is 2. The third kappa shape index (κ3) is 7.07. The minimum Gasteiger partial charge on any atom is -0.478 e. The predicted octanol–water partition coefficient (Wildman–Crippen LogP) is 8.74. The first-order chi connectivity index (χ1) is 18.8. The van der Waals surface area contributed by atoms with Gasteiger partial charge in [0.1, 0.15) is 18.6 Å². The normalized spacial score (nSPS) is 20.4. The van der Waals surface area contributed by atoms with E-state index >= 15 is 0 Å². The van der Waals surface area contributed by atoms with Gasteiger partial charge in [0.2, 0.25) is 0 Å². The van der Waals surface area contributed by atoms with E-state index in [4.69, 9.17) is 19.5 Å². The fourth-order valence-electron chi connectivity index (χ4n) is 5.56. The molecule has 2 aliphatic rings. The largest absolute Gasteiger partial charge is 0.478 e. The van der Waals surface area contributed by atoms with Gasteiger partial charge in [-0.2, -0.15) is 0 Å². The first-order valence-electron chi connectivity index (χ1n) is 15.4. The quantitative estimate of drug-likeness (QED) is 0.356. The number of aliphatic imine (C=N–C) groups is 2. The van der Waals surface area contributed by atoms with Crippen molar-refractivity contribution < 1.29 is 9.47 Å². The van der Waals surface area contributed by atoms with Crippen molar-refractivity contribution in [3.05, 3.63) is 70.8 Å². The summed E-state index contributed by atoms with van der Waals surface area (Å²) >= 11 is 0. The Kier molecular flexibility index (Phi) is 8.32. The highest BCUT2D eigenvalue weighted by Gasteiger charge is 2.51. The van der Waals surface area contributed by atoms with Gasteiger partial charge in [0, 0.05) is 0 Å². The Bertz CT molecular complexity index is 1160. The van der Waals surface area contributed by atoms with Crippen LogP contribution in [-0.4, -0.2) is 37.1 Å². The van der Waals surface area contributed by atoms with Gasteiger partial charge in [-0.3, -0.25) is 0 Å². The number of rotatable bonds is 6. The first kappa shape index (κ1) is 31.3. The molecule has 2 aromatic carbocycles. The summed E-state index contributed by atoms with van der Waals surface area (Å²) in [5, 5.41) is 0. The molecule has 0 spiro atoms. The molecule has 2 aromatic rings. The lowest BCUT2D eigenvalue weighted by Crippen LogP contribution is -2.44. The lowest BCUT2D eigenvalue weighted by Gasteiger charge is -2.33. The molecule has 0 aliphatic carbocycles. The molecule has 0 fully saturated rings. The lowest BCUT2D eigenvalue weighted by atomic mass is 9.74. The van der Waals surface area contributed by atoms with Crippen LogP contribution < -0.4 is 0 Å². The molecule has 4 nitrogen and oxygen atoms in total. The van der Waals surface area contributed by atoms with Crippen molar-refractivity contribution in [2.75, 3.05) is 13.2 Å². The Morgan fingerprint density at radius 3 is 1.10 bits per heavy atom. The van der Waals surface area contributed by atoms with E-state index in [1.807, 2.05) is 0 Å². The van der Waals surface area contributed by atoms with E-state index in [0.29, 0.717) is 26.1 Å². The van der Waals surface area contributed by atoms with E-state index in [-0.39, 0.29) is 33.7 Å². The maximum Gasteiger partial charge on any atom is 0.200 e. The molecule has 224 valence electrons. The highest BCUT2D eigenvalue weighted by atomic mass is 16.5. The van der Waals surface area contributed by atoms with Crippen LogP contribution in [0.25, 0.3) is 0 Å². The van der Waals surface area contributed by atoms with E-state index in [2.05, 4.69) is 132 Å². The summed E-state index contributed by atoms with van der Waals surface area (Å²) in [5.74, 6) is 1.54. The van der Waals surface area contributed by atoms with Crippen LogP contribution in [0, 0.1) is 16.2 Å². The van der Waals surface area contributed by atoms with Crippen molar-refractivity contribution in [1.82, 2.24) is 0 Å². The molecule has 4 rings (SSSR count). The van der Waals surface area contributed by atoms with Crippen molar-refractivity contribution >= 4 is 11.8 Å². The van der Waals surface area contributed by atoms with Crippen LogP contribution in [0.5, 0.6) is 0 Å². The lowest BCUT2D eigenvalue weighted by molar-refractivity contribution is 0.207. The molecular formula is C37H54N2O2. The SMILES string of the molecule is CC(C)(C)c1ccc(CC(Cc2ccc(C(C)(C)C)cc2)(C2=N[C@H](C(C)(C)C)CO2)C2=N[C@H](C(C)(C)C)CO2)cc1. The molecule has 0 amide bonds. The Hall–Kier alpha value is -2.62. The first-order valence-corrected chi connectivity index (χ1v) is 15.4. The van der Waals surface area contributed by atoms with Gasteiger partial charge in [-0.15, -0.1) is 0 Å². The Balaban J connectivity index is 1.87. The van der Waals surface area contributed by atoms with E-state index in [1.165, 1.54) is 22.3 Å². The van der Waals surface area contributed by atoms with Crippen molar-refractivity contribution in [1.29, 1.82) is 0 Å². The summed E-state index contributed by atoms with van der Waals surface area (Å²) in [5.41, 5.74) is 4.70. The minimum atomic E-state index is -0.632. The summed E-state index contributed by atoms with van der Waals surface area (Å²) in [4.78, 5) is 10.6. The average Bonchev–Trinajstić information content (AvgIpc) is 3.54.